The Morgan fingerprint density at radius 3 is 3.08 bits per heavy atom. The van der Waals surface area contributed by atoms with Crippen molar-refractivity contribution < 1.29 is 4.52 Å². The number of nitrogens with zero attached hydrogens (tertiary/aromatic N) is 3. The van der Waals surface area contributed by atoms with Crippen LogP contribution in [-0.2, 0) is 6.42 Å². The number of hydrogen-bond donors (Lipinski definition) is 0. The molecule has 4 heteroatoms. The van der Waals surface area contributed by atoms with Crippen LogP contribution in [0.2, 0.25) is 0 Å². The zero-order valence-corrected chi connectivity index (χ0v) is 6.82. The molecule has 0 N–H and O–H groups in total. The fraction of sp³-hybridized carbons (Fsp3) is 0.625. The highest BCUT2D eigenvalue weighted by Gasteiger charge is 2.42. The second kappa shape index (κ2) is 2.59. The van der Waals surface area contributed by atoms with Gasteiger partial charge in [-0.2, -0.15) is 10.2 Å². The number of nitriles is 1. The Balaban J connectivity index is 2.11. The van der Waals surface area contributed by atoms with Crippen molar-refractivity contribution in [2.24, 2.45) is 5.92 Å². The van der Waals surface area contributed by atoms with Crippen molar-refractivity contribution in [3.8, 4) is 6.07 Å². The van der Waals surface area contributed by atoms with Gasteiger partial charge in [-0.1, -0.05) is 12.1 Å². The SMILES string of the molecule is CCc1noc(C2CC2C#N)n1. The third-order valence-electron chi connectivity index (χ3n) is 2.07. The lowest BCUT2D eigenvalue weighted by atomic mass is 10.3. The van der Waals surface area contributed by atoms with E-state index in [1.165, 1.54) is 0 Å². The average molecular weight is 163 g/mol. The summed E-state index contributed by atoms with van der Waals surface area (Å²) < 4.78 is 5.00. The number of aromatic nitrogens is 2. The van der Waals surface area contributed by atoms with Gasteiger partial charge in [0.1, 0.15) is 0 Å². The van der Waals surface area contributed by atoms with Gasteiger partial charge in [0.25, 0.3) is 0 Å². The van der Waals surface area contributed by atoms with Crippen molar-refractivity contribution in [3.63, 3.8) is 0 Å². The van der Waals surface area contributed by atoms with Crippen LogP contribution in [0, 0.1) is 17.2 Å². The zero-order valence-electron chi connectivity index (χ0n) is 6.82. The molecule has 2 unspecified atom stereocenters. The molecule has 1 fully saturated rings. The van der Waals surface area contributed by atoms with Crippen LogP contribution in [0.1, 0.15) is 31.0 Å². The van der Waals surface area contributed by atoms with E-state index in [-0.39, 0.29) is 11.8 Å². The maximum absolute atomic E-state index is 8.56. The molecule has 0 bridgehead atoms. The molecular weight excluding hydrogens is 154 g/mol. The minimum Gasteiger partial charge on any atom is -0.339 e. The van der Waals surface area contributed by atoms with Gasteiger partial charge in [0.2, 0.25) is 5.89 Å². The maximum atomic E-state index is 8.56. The van der Waals surface area contributed by atoms with Gasteiger partial charge in [-0.25, -0.2) is 0 Å². The first kappa shape index (κ1) is 7.29. The van der Waals surface area contributed by atoms with Gasteiger partial charge in [-0.3, -0.25) is 0 Å². The molecule has 0 radical (unpaired) electrons. The molecular formula is C8H9N3O. The van der Waals surface area contributed by atoms with E-state index >= 15 is 0 Å². The standard InChI is InChI=1S/C8H9N3O/c1-2-7-10-8(12-11-7)6-3-5(6)4-9/h5-6H,2-3H2,1H3. The first-order valence-electron chi connectivity index (χ1n) is 4.07. The van der Waals surface area contributed by atoms with Crippen LogP contribution in [0.5, 0.6) is 0 Å². The number of hydrogen-bond acceptors (Lipinski definition) is 4. The summed E-state index contributed by atoms with van der Waals surface area (Å²) in [5.41, 5.74) is 0. The van der Waals surface area contributed by atoms with Crippen LogP contribution >= 0.6 is 0 Å². The third kappa shape index (κ3) is 1.07. The Kier molecular flexibility index (Phi) is 1.58. The Bertz CT molecular complexity index is 325. The molecule has 1 aromatic rings. The summed E-state index contributed by atoms with van der Waals surface area (Å²) in [4.78, 5) is 4.16. The molecule has 0 aromatic carbocycles. The van der Waals surface area contributed by atoms with E-state index in [9.17, 15) is 0 Å². The summed E-state index contributed by atoms with van der Waals surface area (Å²) in [6, 6.07) is 2.19. The Morgan fingerprint density at radius 1 is 1.75 bits per heavy atom. The molecule has 12 heavy (non-hydrogen) atoms. The normalized spacial score (nSPS) is 26.7. The lowest BCUT2D eigenvalue weighted by Crippen LogP contribution is -1.84. The van der Waals surface area contributed by atoms with Crippen molar-refractivity contribution >= 4 is 0 Å². The second-order valence-corrected chi connectivity index (χ2v) is 2.98. The first-order valence-corrected chi connectivity index (χ1v) is 4.07. The van der Waals surface area contributed by atoms with Crippen molar-refractivity contribution in [2.75, 3.05) is 0 Å². The van der Waals surface area contributed by atoms with E-state index in [4.69, 9.17) is 9.78 Å². The maximum Gasteiger partial charge on any atom is 0.231 e. The smallest absolute Gasteiger partial charge is 0.231 e. The first-order chi connectivity index (χ1) is 5.85. The van der Waals surface area contributed by atoms with E-state index in [1.54, 1.807) is 0 Å². The van der Waals surface area contributed by atoms with Gasteiger partial charge >= 0.3 is 0 Å². The molecule has 0 spiro atoms. The lowest BCUT2D eigenvalue weighted by molar-refractivity contribution is 0.372. The van der Waals surface area contributed by atoms with E-state index in [1.807, 2.05) is 6.92 Å². The summed E-state index contributed by atoms with van der Waals surface area (Å²) in [5.74, 6) is 1.69. The van der Waals surface area contributed by atoms with Crippen molar-refractivity contribution in [3.05, 3.63) is 11.7 Å². The van der Waals surface area contributed by atoms with E-state index in [0.717, 1.165) is 18.7 Å². The van der Waals surface area contributed by atoms with E-state index < -0.39 is 0 Å². The van der Waals surface area contributed by atoms with Gasteiger partial charge < -0.3 is 4.52 Å². The predicted octanol–water partition coefficient (Wildman–Crippen LogP) is 1.26. The van der Waals surface area contributed by atoms with Gasteiger partial charge in [-0.15, -0.1) is 0 Å². The Hall–Kier alpha value is -1.37. The van der Waals surface area contributed by atoms with E-state index in [2.05, 4.69) is 16.2 Å². The number of aryl methyl sites for hydroxylation is 1. The van der Waals surface area contributed by atoms with Crippen molar-refractivity contribution in [2.45, 2.75) is 25.7 Å². The summed E-state index contributed by atoms with van der Waals surface area (Å²) in [6.07, 6.45) is 1.66. The molecule has 1 heterocycles. The Labute approximate surface area is 70.2 Å². The zero-order chi connectivity index (χ0) is 8.55. The third-order valence-corrected chi connectivity index (χ3v) is 2.07. The quantitative estimate of drug-likeness (QED) is 0.658. The minimum absolute atomic E-state index is 0.107. The molecule has 2 atom stereocenters. The van der Waals surface area contributed by atoms with Crippen LogP contribution in [0.4, 0.5) is 0 Å². The largest absolute Gasteiger partial charge is 0.339 e. The monoisotopic (exact) mass is 163 g/mol. The molecule has 0 amide bonds. The fourth-order valence-corrected chi connectivity index (χ4v) is 1.17. The minimum atomic E-state index is 0.107. The highest BCUT2D eigenvalue weighted by atomic mass is 16.5. The fourth-order valence-electron chi connectivity index (χ4n) is 1.17. The molecule has 1 saturated carbocycles. The lowest BCUT2D eigenvalue weighted by Gasteiger charge is -1.81. The van der Waals surface area contributed by atoms with Gasteiger partial charge in [-0.05, 0) is 6.42 Å². The van der Waals surface area contributed by atoms with Gasteiger partial charge in [0.15, 0.2) is 5.82 Å². The predicted molar refractivity (Wildman–Crippen MR) is 40.1 cm³/mol. The van der Waals surface area contributed by atoms with Crippen LogP contribution in [0.3, 0.4) is 0 Å². The molecule has 4 nitrogen and oxygen atoms in total. The Morgan fingerprint density at radius 2 is 2.58 bits per heavy atom. The summed E-state index contributed by atoms with van der Waals surface area (Å²) in [6.45, 7) is 1.98. The van der Waals surface area contributed by atoms with Crippen LogP contribution in [-0.4, -0.2) is 10.1 Å². The van der Waals surface area contributed by atoms with Gasteiger partial charge in [0.05, 0.1) is 17.9 Å². The van der Waals surface area contributed by atoms with Crippen molar-refractivity contribution in [1.29, 1.82) is 5.26 Å². The molecule has 1 aliphatic rings. The summed E-state index contributed by atoms with van der Waals surface area (Å²) >= 11 is 0. The molecule has 1 aliphatic carbocycles. The highest BCUT2D eigenvalue weighted by Crippen LogP contribution is 2.45. The van der Waals surface area contributed by atoms with Crippen LogP contribution < -0.4 is 0 Å². The van der Waals surface area contributed by atoms with Crippen LogP contribution in [0.25, 0.3) is 0 Å². The molecule has 1 aromatic heterocycles. The average Bonchev–Trinajstić information content (AvgIpc) is 2.75. The molecule has 2 rings (SSSR count). The number of rotatable bonds is 2. The highest BCUT2D eigenvalue weighted by molar-refractivity contribution is 5.15. The van der Waals surface area contributed by atoms with Gasteiger partial charge in [0, 0.05) is 6.42 Å². The summed E-state index contributed by atoms with van der Waals surface area (Å²) in [5, 5.41) is 12.3. The summed E-state index contributed by atoms with van der Waals surface area (Å²) in [7, 11) is 0. The second-order valence-electron chi connectivity index (χ2n) is 2.98. The van der Waals surface area contributed by atoms with E-state index in [0.29, 0.717) is 5.89 Å². The van der Waals surface area contributed by atoms with Crippen LogP contribution in [0.15, 0.2) is 4.52 Å². The van der Waals surface area contributed by atoms with Crippen molar-refractivity contribution in [1.82, 2.24) is 10.1 Å². The topological polar surface area (TPSA) is 62.7 Å². The molecule has 62 valence electrons. The molecule has 0 aliphatic heterocycles. The molecule has 0 saturated heterocycles.